The van der Waals surface area contributed by atoms with Crippen LogP contribution in [0.5, 0.6) is 11.5 Å². The molecular weight excluding hydrogens is 508 g/mol. The lowest BCUT2D eigenvalue weighted by molar-refractivity contribution is 0.478. The van der Waals surface area contributed by atoms with Crippen molar-refractivity contribution in [3.63, 3.8) is 0 Å². The highest BCUT2D eigenvalue weighted by atomic mass is 16.3. The maximum absolute atomic E-state index is 11.4. The Morgan fingerprint density at radius 1 is 0.610 bits per heavy atom. The van der Waals surface area contributed by atoms with Crippen molar-refractivity contribution in [2.45, 2.75) is 33.1 Å². The number of H-pyrrole nitrogens is 2. The zero-order valence-corrected chi connectivity index (χ0v) is 23.1. The summed E-state index contributed by atoms with van der Waals surface area (Å²) in [5, 5.41) is 22.6. The fraction of sp³-hybridized carbons (Fsp3) is 0.143. The zero-order valence-electron chi connectivity index (χ0n) is 23.1. The first-order chi connectivity index (χ1) is 20.0. The number of nitrogens with zero attached hydrogens (tertiary/aromatic N) is 2. The number of phenols is 2. The largest absolute Gasteiger partial charge is 0.507 e. The van der Waals surface area contributed by atoms with Crippen LogP contribution in [-0.2, 0) is 6.42 Å². The number of benzene rings is 2. The van der Waals surface area contributed by atoms with Crippen molar-refractivity contribution in [2.24, 2.45) is 0 Å². The molecule has 0 atom stereocenters. The summed E-state index contributed by atoms with van der Waals surface area (Å²) in [6, 6.07) is 27.2. The molecular formula is C35H32N4O2. The Labute approximate surface area is 239 Å². The van der Waals surface area contributed by atoms with Crippen molar-refractivity contribution in [3.8, 4) is 67.9 Å². The van der Waals surface area contributed by atoms with E-state index in [9.17, 15) is 10.2 Å². The van der Waals surface area contributed by atoms with Gasteiger partial charge in [0.1, 0.15) is 11.5 Å². The van der Waals surface area contributed by atoms with Crippen molar-refractivity contribution in [3.05, 3.63) is 108 Å². The summed E-state index contributed by atoms with van der Waals surface area (Å²) in [4.78, 5) is 16.3. The number of unbranched alkanes of at least 4 members (excludes halogenated alkanes) is 1. The van der Waals surface area contributed by atoms with Gasteiger partial charge >= 0.3 is 0 Å². The molecule has 2 aromatic carbocycles. The van der Waals surface area contributed by atoms with Crippen LogP contribution >= 0.6 is 0 Å². The molecule has 0 amide bonds. The van der Waals surface area contributed by atoms with E-state index in [0.29, 0.717) is 33.9 Å². The van der Waals surface area contributed by atoms with Crippen molar-refractivity contribution in [1.82, 2.24) is 19.9 Å². The topological polar surface area (TPSA) is 97.8 Å². The Morgan fingerprint density at radius 2 is 1.10 bits per heavy atom. The van der Waals surface area contributed by atoms with Gasteiger partial charge in [0.25, 0.3) is 0 Å². The van der Waals surface area contributed by atoms with Gasteiger partial charge in [0, 0.05) is 46.0 Å². The standard InChI is InChI=1S/C35H32N4O2/c1-3-4-9-23-20-26(29-15-8-17-37-29)35(41)27(21-23)31-11-6-13-33(39-31)32-12-5-10-30(38-32)25-19-22(2)18-24(34(25)40)28-14-7-16-36-28/h5-8,10-21,36-37,40-41H,3-4,9H2,1-2H3. The number of phenolic OH excluding ortho intramolecular Hbond substituents is 2. The van der Waals surface area contributed by atoms with Crippen LogP contribution < -0.4 is 0 Å². The minimum Gasteiger partial charge on any atom is -0.507 e. The van der Waals surface area contributed by atoms with E-state index in [0.717, 1.165) is 52.9 Å². The Bertz CT molecular complexity index is 1810. The van der Waals surface area contributed by atoms with Crippen LogP contribution in [0.2, 0.25) is 0 Å². The quantitative estimate of drug-likeness (QED) is 0.155. The van der Waals surface area contributed by atoms with Gasteiger partial charge in [-0.2, -0.15) is 0 Å². The van der Waals surface area contributed by atoms with Crippen LogP contribution in [0.4, 0.5) is 0 Å². The Hall–Kier alpha value is -5.10. The van der Waals surface area contributed by atoms with Crippen LogP contribution in [0.3, 0.4) is 0 Å². The van der Waals surface area contributed by atoms with E-state index in [4.69, 9.17) is 9.97 Å². The molecule has 204 valence electrons. The number of aromatic hydroxyl groups is 2. The molecule has 0 aliphatic heterocycles. The number of aromatic nitrogens is 4. The SMILES string of the molecule is CCCCc1cc(-c2cccc(-c3cccc(-c4cc(C)cc(-c5ccc[nH]5)c4O)n3)n2)c(O)c(-c2ccc[nH]2)c1. The third-order valence-corrected chi connectivity index (χ3v) is 7.33. The van der Waals surface area contributed by atoms with Gasteiger partial charge in [-0.1, -0.05) is 25.5 Å². The van der Waals surface area contributed by atoms with Crippen LogP contribution in [0.25, 0.3) is 56.4 Å². The van der Waals surface area contributed by atoms with E-state index < -0.39 is 0 Å². The molecule has 6 nitrogen and oxygen atoms in total. The fourth-order valence-corrected chi connectivity index (χ4v) is 5.25. The predicted octanol–water partition coefficient (Wildman–Crippen LogP) is 8.53. The van der Waals surface area contributed by atoms with Crippen LogP contribution in [0.1, 0.15) is 30.9 Å². The zero-order chi connectivity index (χ0) is 28.3. The van der Waals surface area contributed by atoms with E-state index in [1.807, 2.05) is 98.2 Å². The average Bonchev–Trinajstić information content (AvgIpc) is 3.73. The lowest BCUT2D eigenvalue weighted by Gasteiger charge is -2.14. The number of rotatable bonds is 8. The monoisotopic (exact) mass is 540 g/mol. The second-order valence-corrected chi connectivity index (χ2v) is 10.3. The minimum atomic E-state index is 0.176. The predicted molar refractivity (Wildman–Crippen MR) is 165 cm³/mol. The van der Waals surface area contributed by atoms with Crippen molar-refractivity contribution < 1.29 is 10.2 Å². The third kappa shape index (κ3) is 5.24. The summed E-state index contributed by atoms with van der Waals surface area (Å²) in [5.41, 5.74) is 9.41. The molecule has 0 radical (unpaired) electrons. The Morgan fingerprint density at radius 3 is 1.63 bits per heavy atom. The van der Waals surface area contributed by atoms with Crippen LogP contribution in [0.15, 0.2) is 97.3 Å². The maximum Gasteiger partial charge on any atom is 0.134 e. The number of pyridine rings is 2. The number of aromatic amines is 2. The Kier molecular flexibility index (Phi) is 7.13. The first-order valence-electron chi connectivity index (χ1n) is 13.9. The molecule has 0 saturated heterocycles. The van der Waals surface area contributed by atoms with Crippen molar-refractivity contribution >= 4 is 0 Å². The van der Waals surface area contributed by atoms with Gasteiger partial charge in [-0.15, -0.1) is 0 Å². The molecule has 0 bridgehead atoms. The second kappa shape index (κ2) is 11.2. The molecule has 41 heavy (non-hydrogen) atoms. The summed E-state index contributed by atoms with van der Waals surface area (Å²) in [5.74, 6) is 0.371. The highest BCUT2D eigenvalue weighted by molar-refractivity contribution is 5.82. The smallest absolute Gasteiger partial charge is 0.134 e. The first-order valence-corrected chi connectivity index (χ1v) is 13.9. The summed E-state index contributed by atoms with van der Waals surface area (Å²) >= 11 is 0. The van der Waals surface area contributed by atoms with Gasteiger partial charge in [0.05, 0.1) is 22.8 Å². The Balaban J connectivity index is 1.42. The molecule has 6 aromatic rings. The average molecular weight is 541 g/mol. The number of hydrogen-bond acceptors (Lipinski definition) is 4. The lowest BCUT2D eigenvalue weighted by atomic mass is 9.96. The lowest BCUT2D eigenvalue weighted by Crippen LogP contribution is -1.95. The molecule has 0 spiro atoms. The van der Waals surface area contributed by atoms with E-state index >= 15 is 0 Å². The highest BCUT2D eigenvalue weighted by Gasteiger charge is 2.17. The van der Waals surface area contributed by atoms with Crippen LogP contribution in [-0.4, -0.2) is 30.1 Å². The van der Waals surface area contributed by atoms with Crippen LogP contribution in [0, 0.1) is 6.92 Å². The van der Waals surface area contributed by atoms with E-state index in [-0.39, 0.29) is 11.5 Å². The first kappa shape index (κ1) is 26.1. The van der Waals surface area contributed by atoms with Gasteiger partial charge < -0.3 is 20.2 Å². The highest BCUT2D eigenvalue weighted by Crippen LogP contribution is 2.40. The molecule has 0 aliphatic carbocycles. The van der Waals surface area contributed by atoms with Gasteiger partial charge in [-0.3, -0.25) is 0 Å². The molecule has 4 heterocycles. The molecule has 0 fully saturated rings. The normalized spacial score (nSPS) is 11.2. The van der Waals surface area contributed by atoms with E-state index in [1.165, 1.54) is 0 Å². The minimum absolute atomic E-state index is 0.176. The van der Waals surface area contributed by atoms with Crippen molar-refractivity contribution in [1.29, 1.82) is 0 Å². The van der Waals surface area contributed by atoms with Gasteiger partial charge in [-0.05, 0) is 104 Å². The molecule has 4 N–H and O–H groups in total. The molecule has 0 saturated carbocycles. The van der Waals surface area contributed by atoms with E-state index in [1.54, 1.807) is 0 Å². The summed E-state index contributed by atoms with van der Waals surface area (Å²) in [7, 11) is 0. The molecule has 4 aromatic heterocycles. The molecule has 0 aliphatic rings. The van der Waals surface area contributed by atoms with Crippen molar-refractivity contribution in [2.75, 3.05) is 0 Å². The van der Waals surface area contributed by atoms with E-state index in [2.05, 4.69) is 23.0 Å². The molecule has 6 rings (SSSR count). The number of aryl methyl sites for hydroxylation is 2. The summed E-state index contributed by atoms with van der Waals surface area (Å²) in [6.07, 6.45) is 6.78. The molecule has 0 unspecified atom stereocenters. The number of nitrogens with one attached hydrogen (secondary N) is 2. The number of hydrogen-bond donors (Lipinski definition) is 4. The van der Waals surface area contributed by atoms with Gasteiger partial charge in [0.15, 0.2) is 0 Å². The van der Waals surface area contributed by atoms with Gasteiger partial charge in [-0.25, -0.2) is 9.97 Å². The third-order valence-electron chi connectivity index (χ3n) is 7.33. The summed E-state index contributed by atoms with van der Waals surface area (Å²) in [6.45, 7) is 4.18. The fourth-order valence-electron chi connectivity index (χ4n) is 5.25. The summed E-state index contributed by atoms with van der Waals surface area (Å²) < 4.78 is 0. The maximum atomic E-state index is 11.4. The second-order valence-electron chi connectivity index (χ2n) is 10.3. The van der Waals surface area contributed by atoms with Gasteiger partial charge in [0.2, 0.25) is 0 Å². The molecule has 6 heteroatoms.